The third-order valence-electron chi connectivity index (χ3n) is 5.33. The van der Waals surface area contributed by atoms with E-state index in [9.17, 15) is 9.18 Å². The minimum absolute atomic E-state index is 0.154. The molecule has 0 saturated carbocycles. The first-order valence-electron chi connectivity index (χ1n) is 9.50. The number of amides is 1. The largest absolute Gasteiger partial charge is 0.497 e. The van der Waals surface area contributed by atoms with Gasteiger partial charge in [-0.3, -0.25) is 4.79 Å². The van der Waals surface area contributed by atoms with Gasteiger partial charge in [0.15, 0.2) is 0 Å². The predicted molar refractivity (Wildman–Crippen MR) is 106 cm³/mol. The van der Waals surface area contributed by atoms with Crippen LogP contribution in [0.15, 0.2) is 42.5 Å². The van der Waals surface area contributed by atoms with Crippen LogP contribution in [0.25, 0.3) is 11.1 Å². The SMILES string of the molecule is CNCCC1CCN(C(=O)c2ccc(-c3ccc(OC)cc3)cc2F)CC1. The zero-order valence-corrected chi connectivity index (χ0v) is 16.0. The van der Waals surface area contributed by atoms with Crippen molar-refractivity contribution in [3.05, 3.63) is 53.8 Å². The summed E-state index contributed by atoms with van der Waals surface area (Å²) in [5.74, 6) is 0.722. The molecule has 1 aliphatic heterocycles. The highest BCUT2D eigenvalue weighted by Crippen LogP contribution is 2.26. The summed E-state index contributed by atoms with van der Waals surface area (Å²) in [5, 5.41) is 3.17. The van der Waals surface area contributed by atoms with Crippen LogP contribution in [-0.4, -0.2) is 44.6 Å². The van der Waals surface area contributed by atoms with Crippen molar-refractivity contribution in [2.45, 2.75) is 19.3 Å². The molecule has 3 rings (SSSR count). The van der Waals surface area contributed by atoms with Crippen LogP contribution < -0.4 is 10.1 Å². The van der Waals surface area contributed by atoms with Crippen molar-refractivity contribution in [3.8, 4) is 16.9 Å². The molecule has 1 aliphatic rings. The number of carbonyl (C=O) groups excluding carboxylic acids is 1. The van der Waals surface area contributed by atoms with Crippen LogP contribution in [-0.2, 0) is 0 Å². The minimum atomic E-state index is -0.467. The van der Waals surface area contributed by atoms with Crippen molar-refractivity contribution in [1.29, 1.82) is 0 Å². The number of likely N-dealkylation sites (tertiary alicyclic amines) is 1. The van der Waals surface area contributed by atoms with Gasteiger partial charge in [0.05, 0.1) is 12.7 Å². The number of nitrogens with one attached hydrogen (secondary N) is 1. The molecule has 0 aromatic heterocycles. The number of hydrogen-bond donors (Lipinski definition) is 1. The summed E-state index contributed by atoms with van der Waals surface area (Å²) < 4.78 is 19.8. The van der Waals surface area contributed by atoms with E-state index in [0.29, 0.717) is 19.0 Å². The Morgan fingerprint density at radius 2 is 1.81 bits per heavy atom. The Bertz CT molecular complexity index is 768. The summed E-state index contributed by atoms with van der Waals surface area (Å²) in [6, 6.07) is 12.3. The van der Waals surface area contributed by atoms with Crippen LogP contribution in [0.3, 0.4) is 0 Å². The van der Waals surface area contributed by atoms with Crippen molar-refractivity contribution < 1.29 is 13.9 Å². The molecular weight excluding hydrogens is 343 g/mol. The number of nitrogens with zero attached hydrogens (tertiary/aromatic N) is 1. The number of rotatable bonds is 6. The molecule has 2 aromatic carbocycles. The van der Waals surface area contributed by atoms with Gasteiger partial charge in [0.25, 0.3) is 5.91 Å². The number of methoxy groups -OCH3 is 1. The first kappa shape index (κ1) is 19.4. The van der Waals surface area contributed by atoms with Crippen molar-refractivity contribution in [3.63, 3.8) is 0 Å². The van der Waals surface area contributed by atoms with Crippen LogP contribution >= 0.6 is 0 Å². The summed E-state index contributed by atoms with van der Waals surface area (Å²) in [7, 11) is 3.57. The third-order valence-corrected chi connectivity index (χ3v) is 5.33. The Kier molecular flexibility index (Phi) is 6.45. The summed E-state index contributed by atoms with van der Waals surface area (Å²) in [5.41, 5.74) is 1.79. The van der Waals surface area contributed by atoms with E-state index in [1.54, 1.807) is 24.1 Å². The molecule has 0 aliphatic carbocycles. The maximum Gasteiger partial charge on any atom is 0.256 e. The van der Waals surface area contributed by atoms with E-state index in [1.807, 2.05) is 31.3 Å². The van der Waals surface area contributed by atoms with E-state index >= 15 is 0 Å². The zero-order chi connectivity index (χ0) is 19.2. The van der Waals surface area contributed by atoms with Gasteiger partial charge < -0.3 is 15.0 Å². The highest BCUT2D eigenvalue weighted by atomic mass is 19.1. The predicted octanol–water partition coefficient (Wildman–Crippen LogP) is 3.96. The van der Waals surface area contributed by atoms with Crippen molar-refractivity contribution in [1.82, 2.24) is 10.2 Å². The van der Waals surface area contributed by atoms with Gasteiger partial charge in [-0.1, -0.05) is 18.2 Å². The standard InChI is InChI=1S/C22H27FN2O2/c1-24-12-9-16-10-13-25(14-11-16)22(26)20-8-5-18(15-21(20)23)17-3-6-19(27-2)7-4-17/h3-8,15-16,24H,9-14H2,1-2H3. The summed E-state index contributed by atoms with van der Waals surface area (Å²) in [6.45, 7) is 2.40. The van der Waals surface area contributed by atoms with Gasteiger partial charge in [0.2, 0.25) is 0 Å². The van der Waals surface area contributed by atoms with Gasteiger partial charge in [0, 0.05) is 13.1 Å². The fourth-order valence-electron chi connectivity index (χ4n) is 3.60. The molecule has 2 aromatic rings. The summed E-state index contributed by atoms with van der Waals surface area (Å²) >= 11 is 0. The van der Waals surface area contributed by atoms with Crippen molar-refractivity contribution in [2.24, 2.45) is 5.92 Å². The summed E-state index contributed by atoms with van der Waals surface area (Å²) in [6.07, 6.45) is 3.10. The van der Waals surface area contributed by atoms with E-state index in [-0.39, 0.29) is 11.5 Å². The lowest BCUT2D eigenvalue weighted by atomic mass is 9.93. The second kappa shape index (κ2) is 9.00. The maximum atomic E-state index is 14.6. The molecular formula is C22H27FN2O2. The van der Waals surface area contributed by atoms with Gasteiger partial charge in [0.1, 0.15) is 11.6 Å². The van der Waals surface area contributed by atoms with E-state index in [0.717, 1.165) is 42.7 Å². The Morgan fingerprint density at radius 3 is 2.41 bits per heavy atom. The molecule has 0 unspecified atom stereocenters. The van der Waals surface area contributed by atoms with Crippen LogP contribution in [0, 0.1) is 11.7 Å². The van der Waals surface area contributed by atoms with Gasteiger partial charge in [-0.15, -0.1) is 0 Å². The molecule has 144 valence electrons. The smallest absolute Gasteiger partial charge is 0.256 e. The van der Waals surface area contributed by atoms with Gasteiger partial charge >= 0.3 is 0 Å². The molecule has 1 fully saturated rings. The molecule has 0 radical (unpaired) electrons. The lowest BCUT2D eigenvalue weighted by Crippen LogP contribution is -2.39. The number of piperidine rings is 1. The fourth-order valence-corrected chi connectivity index (χ4v) is 3.60. The van der Waals surface area contributed by atoms with Crippen molar-refractivity contribution in [2.75, 3.05) is 33.8 Å². The van der Waals surface area contributed by atoms with Gasteiger partial charge in [-0.25, -0.2) is 4.39 Å². The number of hydrogen-bond acceptors (Lipinski definition) is 3. The van der Waals surface area contributed by atoms with Crippen LogP contribution in [0.2, 0.25) is 0 Å². The second-order valence-electron chi connectivity index (χ2n) is 7.05. The number of benzene rings is 2. The fraction of sp³-hybridized carbons (Fsp3) is 0.409. The Labute approximate surface area is 160 Å². The minimum Gasteiger partial charge on any atom is -0.497 e. The first-order chi connectivity index (χ1) is 13.1. The lowest BCUT2D eigenvalue weighted by molar-refractivity contribution is 0.0682. The van der Waals surface area contributed by atoms with E-state index < -0.39 is 5.82 Å². The van der Waals surface area contributed by atoms with E-state index in [4.69, 9.17) is 4.74 Å². The molecule has 4 nitrogen and oxygen atoms in total. The second-order valence-corrected chi connectivity index (χ2v) is 7.05. The molecule has 1 N–H and O–H groups in total. The van der Waals surface area contributed by atoms with Crippen LogP contribution in [0.4, 0.5) is 4.39 Å². The molecule has 1 amide bonds. The highest BCUT2D eigenvalue weighted by molar-refractivity contribution is 5.95. The van der Waals surface area contributed by atoms with Crippen LogP contribution in [0.1, 0.15) is 29.6 Å². The van der Waals surface area contributed by atoms with E-state index in [1.165, 1.54) is 6.07 Å². The average molecular weight is 370 g/mol. The molecule has 0 bridgehead atoms. The number of ether oxygens (including phenoxy) is 1. The molecule has 5 heteroatoms. The zero-order valence-electron chi connectivity index (χ0n) is 16.0. The topological polar surface area (TPSA) is 41.6 Å². The average Bonchev–Trinajstić information content (AvgIpc) is 2.72. The molecule has 1 heterocycles. The highest BCUT2D eigenvalue weighted by Gasteiger charge is 2.25. The Hall–Kier alpha value is -2.40. The number of carbonyl (C=O) groups is 1. The Balaban J connectivity index is 1.67. The van der Waals surface area contributed by atoms with Crippen molar-refractivity contribution >= 4 is 5.91 Å². The monoisotopic (exact) mass is 370 g/mol. The molecule has 0 atom stereocenters. The quantitative estimate of drug-likeness (QED) is 0.837. The lowest BCUT2D eigenvalue weighted by Gasteiger charge is -2.32. The van der Waals surface area contributed by atoms with Gasteiger partial charge in [-0.2, -0.15) is 0 Å². The Morgan fingerprint density at radius 1 is 1.15 bits per heavy atom. The van der Waals surface area contributed by atoms with E-state index in [2.05, 4.69) is 5.32 Å². The first-order valence-corrected chi connectivity index (χ1v) is 9.50. The normalized spacial score (nSPS) is 15.0. The molecule has 0 spiro atoms. The van der Waals surface area contributed by atoms with Gasteiger partial charge in [-0.05, 0) is 74.2 Å². The number of halogens is 1. The maximum absolute atomic E-state index is 14.6. The molecule has 27 heavy (non-hydrogen) atoms. The third kappa shape index (κ3) is 4.66. The molecule has 1 saturated heterocycles. The summed E-state index contributed by atoms with van der Waals surface area (Å²) in [4.78, 5) is 14.5. The van der Waals surface area contributed by atoms with Crippen LogP contribution in [0.5, 0.6) is 5.75 Å².